The molecule has 12 nitrogen and oxygen atoms in total. The van der Waals surface area contributed by atoms with E-state index in [4.69, 9.17) is 0 Å². The number of amides is 4. The maximum atomic E-state index is 14.7. The Labute approximate surface area is 279 Å². The van der Waals surface area contributed by atoms with Crippen molar-refractivity contribution in [3.63, 3.8) is 0 Å². The molecule has 16 heteroatoms. The summed E-state index contributed by atoms with van der Waals surface area (Å²) in [7, 11) is 8.28. The minimum atomic E-state index is -1.47. The summed E-state index contributed by atoms with van der Waals surface area (Å²) in [5, 5.41) is 28.6. The molecule has 2 aromatic carbocycles. The Kier molecular flexibility index (Phi) is 5.08. The van der Waals surface area contributed by atoms with Gasteiger partial charge < -0.3 is 30.6 Å². The summed E-state index contributed by atoms with van der Waals surface area (Å²) < 4.78 is 0. The molecule has 46 heavy (non-hydrogen) atoms. The van der Waals surface area contributed by atoms with Gasteiger partial charge in [-0.1, -0.05) is 58.0 Å². The van der Waals surface area contributed by atoms with Crippen molar-refractivity contribution in [2.24, 2.45) is 0 Å². The molecule has 238 valence electrons. The number of piperazine rings is 2. The number of hydrogen-bond acceptors (Lipinski definition) is 12. The van der Waals surface area contributed by atoms with Crippen molar-refractivity contribution in [2.45, 2.75) is 55.5 Å². The Balaban J connectivity index is 1.29. The normalized spacial score (nSPS) is 43.7. The van der Waals surface area contributed by atoms with Gasteiger partial charge in [-0.15, -0.1) is 0 Å². The van der Waals surface area contributed by atoms with E-state index in [1.807, 2.05) is 48.5 Å². The molecule has 10 aliphatic rings. The van der Waals surface area contributed by atoms with Crippen molar-refractivity contribution in [2.75, 3.05) is 37.9 Å². The quantitative estimate of drug-likeness (QED) is 0.344. The highest BCUT2D eigenvalue weighted by Gasteiger charge is 2.87. The molecule has 2 aromatic rings. The van der Waals surface area contributed by atoms with Crippen LogP contribution in [0.1, 0.15) is 24.0 Å². The summed E-state index contributed by atoms with van der Waals surface area (Å²) in [6.07, 6.45) is -1.01. The average molecular weight is 697 g/mol. The van der Waals surface area contributed by atoms with E-state index in [1.54, 1.807) is 23.9 Å². The summed E-state index contributed by atoms with van der Waals surface area (Å²) in [4.78, 5) is 59.0. The number of aliphatic hydroxyl groups is 2. The number of carbonyl (C=O) groups is 4. The first kappa shape index (κ1) is 28.3. The minimum Gasteiger partial charge on any atom is -0.392 e. The summed E-state index contributed by atoms with van der Waals surface area (Å²) in [6, 6.07) is 15.8. The lowest BCUT2D eigenvalue weighted by Crippen LogP contribution is -2.77. The topological polar surface area (TPSA) is 146 Å². The lowest BCUT2D eigenvalue weighted by atomic mass is 9.54. The molecule has 0 aliphatic carbocycles. The summed E-state index contributed by atoms with van der Waals surface area (Å²) in [5.41, 5.74) is 1.45. The first-order valence-corrected chi connectivity index (χ1v) is 19.3. The van der Waals surface area contributed by atoms with E-state index in [-0.39, 0.29) is 36.5 Å². The second kappa shape index (κ2) is 8.26. The number of para-hydroxylation sites is 2. The van der Waals surface area contributed by atoms with Gasteiger partial charge in [0.1, 0.15) is 12.3 Å². The number of rotatable bonds is 3. The molecular formula is C30H28N6O6S4. The molecule has 10 heterocycles. The van der Waals surface area contributed by atoms with E-state index in [9.17, 15) is 29.4 Å². The number of nitrogens with zero attached hydrogens (tertiary/aromatic N) is 4. The van der Waals surface area contributed by atoms with Crippen molar-refractivity contribution in [1.82, 2.24) is 19.6 Å². The largest absolute Gasteiger partial charge is 0.392 e. The fourth-order valence-corrected chi connectivity index (χ4v) is 17.2. The monoisotopic (exact) mass is 696 g/mol. The predicted octanol–water partition coefficient (Wildman–Crippen LogP) is 1.33. The molecule has 4 N–H and O–H groups in total. The van der Waals surface area contributed by atoms with Gasteiger partial charge in [0.2, 0.25) is 9.74 Å². The third-order valence-electron chi connectivity index (χ3n) is 12.0. The fourth-order valence-electron chi connectivity index (χ4n) is 9.92. The lowest BCUT2D eigenvalue weighted by molar-refractivity contribution is -0.166. The van der Waals surface area contributed by atoms with Gasteiger partial charge in [-0.3, -0.25) is 29.0 Å². The lowest BCUT2D eigenvalue weighted by Gasteiger charge is -2.57. The van der Waals surface area contributed by atoms with Crippen LogP contribution in [0.25, 0.3) is 0 Å². The van der Waals surface area contributed by atoms with E-state index >= 15 is 0 Å². The fraction of sp³-hybridized carbons (Fsp3) is 0.467. The van der Waals surface area contributed by atoms with Crippen molar-refractivity contribution < 1.29 is 29.4 Å². The standard InChI is InChI=1S/C30H28N6O6S4/c1-33-21(39)27-11-25(15-7-3-5-9-17(15)31-19(25)35(27)23(41)29(33,13-37)45-43-27)26-12-28-22(40)34(2)30(14-38,46-44-28)24(42)36(28)20(26)32-18-10-6-4-8-16(18)26/h3-10,19-20,31-32,37-38H,11-14H2,1-2H3/t19-,20-,25+,26+,27+,28?,29?,30+/m1/s1. The Morgan fingerprint density at radius 2 is 1.04 bits per heavy atom. The Bertz CT molecular complexity index is 1740. The van der Waals surface area contributed by atoms with Gasteiger partial charge in [0.25, 0.3) is 23.6 Å². The molecule has 0 saturated carbocycles. The molecule has 8 fully saturated rings. The molecule has 2 spiro atoms. The van der Waals surface area contributed by atoms with Crippen LogP contribution in [-0.4, -0.2) is 113 Å². The molecule has 8 atom stereocenters. The smallest absolute Gasteiger partial charge is 0.265 e. The summed E-state index contributed by atoms with van der Waals surface area (Å²) in [6.45, 7) is -1.07. The van der Waals surface area contributed by atoms with Crippen molar-refractivity contribution in [3.8, 4) is 0 Å². The number of fused-ring (bicyclic) bond motifs is 11. The van der Waals surface area contributed by atoms with Crippen LogP contribution in [0.4, 0.5) is 11.4 Å². The molecule has 2 unspecified atom stereocenters. The van der Waals surface area contributed by atoms with Gasteiger partial charge in [0.05, 0.1) is 24.0 Å². The number of anilines is 2. The zero-order valence-corrected chi connectivity index (χ0v) is 27.8. The van der Waals surface area contributed by atoms with Crippen LogP contribution in [0.2, 0.25) is 0 Å². The summed E-state index contributed by atoms with van der Waals surface area (Å²) >= 11 is 0. The third kappa shape index (κ3) is 2.48. The summed E-state index contributed by atoms with van der Waals surface area (Å²) in [5.74, 6) is -1.19. The minimum absolute atomic E-state index is 0.223. The average Bonchev–Trinajstić information content (AvgIpc) is 3.75. The van der Waals surface area contributed by atoms with Crippen molar-refractivity contribution >= 4 is 78.2 Å². The van der Waals surface area contributed by atoms with E-state index in [0.29, 0.717) is 0 Å². The van der Waals surface area contributed by atoms with Crippen LogP contribution in [0.15, 0.2) is 48.5 Å². The molecule has 8 saturated heterocycles. The number of carbonyl (C=O) groups excluding carboxylic acids is 4. The molecule has 0 radical (unpaired) electrons. The molecule has 10 aliphatic heterocycles. The van der Waals surface area contributed by atoms with Gasteiger partial charge in [-0.2, -0.15) is 0 Å². The van der Waals surface area contributed by atoms with Crippen molar-refractivity contribution in [3.05, 3.63) is 59.7 Å². The SMILES string of the molecule is CN1C(=O)[C@@]23C[C@]4([C@]56CC78SS[C@@](CO)(C(=O)N7[C@H]5Nc5ccccc56)N(C)C8=O)c5ccccc5N[C@@H]4N2C(=O)C1(CO)SS3. The van der Waals surface area contributed by atoms with Crippen LogP contribution in [-0.2, 0) is 30.0 Å². The van der Waals surface area contributed by atoms with Gasteiger partial charge in [0.15, 0.2) is 9.74 Å². The van der Waals surface area contributed by atoms with Crippen LogP contribution >= 0.6 is 43.2 Å². The highest BCUT2D eigenvalue weighted by atomic mass is 33.1. The third-order valence-corrected chi connectivity index (χ3v) is 19.3. The van der Waals surface area contributed by atoms with Gasteiger partial charge in [-0.05, 0) is 44.8 Å². The molecule has 12 rings (SSSR count). The second-order valence-electron chi connectivity index (χ2n) is 13.3. The maximum Gasteiger partial charge on any atom is 0.265 e. The van der Waals surface area contributed by atoms with E-state index < -0.39 is 55.9 Å². The predicted molar refractivity (Wildman–Crippen MR) is 175 cm³/mol. The highest BCUT2D eigenvalue weighted by Crippen LogP contribution is 2.78. The van der Waals surface area contributed by atoms with Gasteiger partial charge >= 0.3 is 0 Å². The van der Waals surface area contributed by atoms with Crippen LogP contribution in [0.3, 0.4) is 0 Å². The van der Waals surface area contributed by atoms with Gasteiger partial charge in [0, 0.05) is 38.3 Å². The maximum absolute atomic E-state index is 14.7. The first-order valence-electron chi connectivity index (χ1n) is 15.0. The van der Waals surface area contributed by atoms with E-state index in [1.165, 1.54) is 53.0 Å². The number of benzene rings is 2. The molecule has 4 bridgehead atoms. The zero-order chi connectivity index (χ0) is 31.8. The van der Waals surface area contributed by atoms with E-state index in [2.05, 4.69) is 10.6 Å². The molecule has 4 amide bonds. The van der Waals surface area contributed by atoms with Crippen LogP contribution in [0, 0.1) is 0 Å². The molecule has 0 aromatic heterocycles. The Hall–Kier alpha value is -2.76. The molecular weight excluding hydrogens is 669 g/mol. The number of likely N-dealkylation sites (N-methyl/N-ethyl adjacent to an activating group) is 2. The second-order valence-corrected chi connectivity index (χ2v) is 18.7. The highest BCUT2D eigenvalue weighted by molar-refractivity contribution is 8.78. The number of hydrogen-bond donors (Lipinski definition) is 4. The number of aliphatic hydroxyl groups excluding tert-OH is 2. The van der Waals surface area contributed by atoms with Gasteiger partial charge in [-0.25, -0.2) is 0 Å². The first-order chi connectivity index (χ1) is 22.1. The number of nitrogens with one attached hydrogen (secondary N) is 2. The van der Waals surface area contributed by atoms with Crippen LogP contribution < -0.4 is 10.6 Å². The van der Waals surface area contributed by atoms with Crippen LogP contribution in [0.5, 0.6) is 0 Å². The zero-order valence-electron chi connectivity index (χ0n) is 24.6. The Morgan fingerprint density at radius 1 is 0.652 bits per heavy atom. The van der Waals surface area contributed by atoms with E-state index in [0.717, 1.165) is 22.5 Å². The van der Waals surface area contributed by atoms with Crippen molar-refractivity contribution in [1.29, 1.82) is 0 Å². The Morgan fingerprint density at radius 3 is 1.43 bits per heavy atom.